The standard InChI is InChI=1S/C6H9NO3.Na/c1-3-5(8)7(2)4-6(9)10;/h3H,1,4H2,2H3,(H,9,10);/q;+1/p-1. The molecule has 1 amide bonds. The normalized spacial score (nSPS) is 7.73. The number of carbonyl (C=O) groups is 2. The van der Waals surface area contributed by atoms with Gasteiger partial charge in [0.05, 0.1) is 12.5 Å². The van der Waals surface area contributed by atoms with Crippen LogP contribution in [0, 0.1) is 0 Å². The molecular formula is C6H8NNaO3. The van der Waals surface area contributed by atoms with Crippen LogP contribution in [0.5, 0.6) is 0 Å². The Morgan fingerprint density at radius 2 is 2.09 bits per heavy atom. The molecule has 5 heteroatoms. The topological polar surface area (TPSA) is 60.4 Å². The Bertz CT molecular complexity index is 169. The van der Waals surface area contributed by atoms with Crippen LogP contribution < -0.4 is 34.7 Å². The third kappa shape index (κ3) is 6.09. The maximum absolute atomic E-state index is 10.6. The fraction of sp³-hybridized carbons (Fsp3) is 0.333. The summed E-state index contributed by atoms with van der Waals surface area (Å²) in [4.78, 5) is 21.5. The van der Waals surface area contributed by atoms with Gasteiger partial charge in [-0.15, -0.1) is 0 Å². The van der Waals surface area contributed by atoms with Crippen molar-refractivity contribution in [3.05, 3.63) is 12.7 Å². The van der Waals surface area contributed by atoms with Crippen molar-refractivity contribution in [2.75, 3.05) is 13.6 Å². The van der Waals surface area contributed by atoms with Crippen LogP contribution in [0.15, 0.2) is 12.7 Å². The molecule has 0 saturated heterocycles. The average Bonchev–Trinajstić information content (AvgIpc) is 1.85. The van der Waals surface area contributed by atoms with Crippen molar-refractivity contribution >= 4 is 11.9 Å². The first-order valence-corrected chi connectivity index (χ1v) is 2.65. The number of hydrogen-bond donors (Lipinski definition) is 0. The summed E-state index contributed by atoms with van der Waals surface area (Å²) in [6.45, 7) is 2.79. The number of likely N-dealkylation sites (N-methyl/N-ethyl adjacent to an activating group) is 1. The first-order chi connectivity index (χ1) is 4.57. The first-order valence-electron chi connectivity index (χ1n) is 2.65. The molecule has 0 unspecified atom stereocenters. The first kappa shape index (κ1) is 13.3. The summed E-state index contributed by atoms with van der Waals surface area (Å²) < 4.78 is 0. The van der Waals surface area contributed by atoms with Crippen LogP contribution in [0.1, 0.15) is 0 Å². The molecule has 4 nitrogen and oxygen atoms in total. The number of carbonyl (C=O) groups excluding carboxylic acids is 2. The van der Waals surface area contributed by atoms with Gasteiger partial charge in [-0.3, -0.25) is 4.79 Å². The maximum atomic E-state index is 10.6. The Hall–Kier alpha value is -0.320. The maximum Gasteiger partial charge on any atom is 1.00 e. The molecule has 0 atom stereocenters. The Labute approximate surface area is 87.2 Å². The predicted molar refractivity (Wildman–Crippen MR) is 32.8 cm³/mol. The Morgan fingerprint density at radius 3 is 2.36 bits per heavy atom. The summed E-state index contributed by atoms with van der Waals surface area (Å²) in [5, 5.41) is 9.89. The molecule has 0 saturated carbocycles. The Balaban J connectivity index is 0. The summed E-state index contributed by atoms with van der Waals surface area (Å²) in [7, 11) is 1.36. The van der Waals surface area contributed by atoms with Gasteiger partial charge in [0.2, 0.25) is 5.91 Å². The van der Waals surface area contributed by atoms with Crippen LogP contribution >= 0.6 is 0 Å². The molecule has 0 heterocycles. The van der Waals surface area contributed by atoms with E-state index in [0.29, 0.717) is 0 Å². The van der Waals surface area contributed by atoms with Crippen LogP contribution in [0.2, 0.25) is 0 Å². The largest absolute Gasteiger partial charge is 1.00 e. The molecule has 0 aliphatic rings. The van der Waals surface area contributed by atoms with E-state index in [2.05, 4.69) is 6.58 Å². The van der Waals surface area contributed by atoms with E-state index in [1.54, 1.807) is 0 Å². The second-order valence-electron chi connectivity index (χ2n) is 1.77. The Morgan fingerprint density at radius 1 is 1.64 bits per heavy atom. The van der Waals surface area contributed by atoms with E-state index in [1.165, 1.54) is 7.05 Å². The number of amides is 1. The zero-order valence-corrected chi connectivity index (χ0v) is 8.66. The molecule has 0 fully saturated rings. The molecule has 0 aliphatic heterocycles. The van der Waals surface area contributed by atoms with Crippen molar-refractivity contribution in [1.82, 2.24) is 4.90 Å². The van der Waals surface area contributed by atoms with E-state index in [-0.39, 0.29) is 29.6 Å². The molecular weight excluding hydrogens is 157 g/mol. The zero-order valence-electron chi connectivity index (χ0n) is 6.66. The molecule has 0 N–H and O–H groups in total. The van der Waals surface area contributed by atoms with Gasteiger partial charge in [0, 0.05) is 7.05 Å². The van der Waals surface area contributed by atoms with Gasteiger partial charge in [0.15, 0.2) is 0 Å². The second kappa shape index (κ2) is 6.39. The summed E-state index contributed by atoms with van der Waals surface area (Å²) in [6.07, 6.45) is 1.04. The van der Waals surface area contributed by atoms with Gasteiger partial charge >= 0.3 is 29.6 Å². The van der Waals surface area contributed by atoms with Gasteiger partial charge in [-0.05, 0) is 6.08 Å². The van der Waals surface area contributed by atoms with E-state index in [9.17, 15) is 14.7 Å². The van der Waals surface area contributed by atoms with Gasteiger partial charge in [0.1, 0.15) is 0 Å². The van der Waals surface area contributed by atoms with Crippen molar-refractivity contribution in [1.29, 1.82) is 0 Å². The number of carboxylic acids is 1. The van der Waals surface area contributed by atoms with Gasteiger partial charge in [-0.2, -0.15) is 0 Å². The van der Waals surface area contributed by atoms with Gasteiger partial charge in [0.25, 0.3) is 0 Å². The van der Waals surface area contributed by atoms with Crippen molar-refractivity contribution < 1.29 is 44.3 Å². The molecule has 0 radical (unpaired) electrons. The monoisotopic (exact) mass is 165 g/mol. The molecule has 11 heavy (non-hydrogen) atoms. The third-order valence-corrected chi connectivity index (χ3v) is 0.917. The molecule has 0 rings (SSSR count). The van der Waals surface area contributed by atoms with Crippen LogP contribution in [-0.2, 0) is 9.59 Å². The number of aliphatic carboxylic acids is 1. The van der Waals surface area contributed by atoms with Crippen molar-refractivity contribution in [2.45, 2.75) is 0 Å². The molecule has 0 spiro atoms. The van der Waals surface area contributed by atoms with E-state index < -0.39 is 18.4 Å². The van der Waals surface area contributed by atoms with Crippen molar-refractivity contribution in [3.8, 4) is 0 Å². The van der Waals surface area contributed by atoms with Crippen LogP contribution in [0.4, 0.5) is 0 Å². The quantitative estimate of drug-likeness (QED) is 0.312. The minimum atomic E-state index is -1.28. The summed E-state index contributed by atoms with van der Waals surface area (Å²) >= 11 is 0. The summed E-state index contributed by atoms with van der Waals surface area (Å²) in [5.41, 5.74) is 0. The smallest absolute Gasteiger partial charge is 0.548 e. The number of rotatable bonds is 3. The number of carboxylic acid groups (broad SMARTS) is 1. The fourth-order valence-electron chi connectivity index (χ4n) is 0.427. The van der Waals surface area contributed by atoms with E-state index in [1.807, 2.05) is 0 Å². The molecule has 0 aromatic carbocycles. The van der Waals surface area contributed by atoms with Crippen LogP contribution in [-0.4, -0.2) is 30.4 Å². The number of nitrogens with zero attached hydrogens (tertiary/aromatic N) is 1. The molecule has 56 valence electrons. The Kier molecular flexibility index (Phi) is 7.72. The SMILES string of the molecule is C=CC(=O)N(C)CC(=O)[O-].[Na+]. The van der Waals surface area contributed by atoms with Crippen LogP contribution in [0.25, 0.3) is 0 Å². The summed E-state index contributed by atoms with van der Waals surface area (Å²) in [5.74, 6) is -1.71. The van der Waals surface area contributed by atoms with E-state index >= 15 is 0 Å². The number of hydrogen-bond acceptors (Lipinski definition) is 3. The summed E-state index contributed by atoms with van der Waals surface area (Å²) in [6, 6.07) is 0. The van der Waals surface area contributed by atoms with Gasteiger partial charge in [-0.25, -0.2) is 0 Å². The molecule has 0 bridgehead atoms. The average molecular weight is 165 g/mol. The minimum Gasteiger partial charge on any atom is -0.548 e. The van der Waals surface area contributed by atoms with Gasteiger partial charge < -0.3 is 14.8 Å². The molecule has 0 aromatic heterocycles. The van der Waals surface area contributed by atoms with Crippen molar-refractivity contribution in [2.24, 2.45) is 0 Å². The predicted octanol–water partition coefficient (Wildman–Crippen LogP) is -4.62. The second-order valence-corrected chi connectivity index (χ2v) is 1.77. The van der Waals surface area contributed by atoms with E-state index in [4.69, 9.17) is 0 Å². The fourth-order valence-corrected chi connectivity index (χ4v) is 0.427. The third-order valence-electron chi connectivity index (χ3n) is 0.917. The zero-order chi connectivity index (χ0) is 8.15. The molecule has 0 aromatic rings. The van der Waals surface area contributed by atoms with Crippen LogP contribution in [0.3, 0.4) is 0 Å². The van der Waals surface area contributed by atoms with E-state index in [0.717, 1.165) is 11.0 Å². The van der Waals surface area contributed by atoms with Crippen molar-refractivity contribution in [3.63, 3.8) is 0 Å². The van der Waals surface area contributed by atoms with Gasteiger partial charge in [-0.1, -0.05) is 6.58 Å². The molecule has 0 aliphatic carbocycles. The minimum absolute atomic E-state index is 0.